The highest BCUT2D eigenvalue weighted by atomic mass is 16.6. The molecule has 1 aliphatic carbocycles. The Hall–Kier alpha value is -2.83. The van der Waals surface area contributed by atoms with E-state index in [4.69, 9.17) is 14.2 Å². The van der Waals surface area contributed by atoms with Gasteiger partial charge in [0.25, 0.3) is 0 Å². The molecule has 0 saturated heterocycles. The molecule has 2 atom stereocenters. The van der Waals surface area contributed by atoms with Gasteiger partial charge in [0.05, 0.1) is 31.6 Å². The molecule has 0 bridgehead atoms. The quantitative estimate of drug-likeness (QED) is 0.582. The number of carbonyl (C=O) groups excluding carboxylic acids is 3. The third-order valence-electron chi connectivity index (χ3n) is 5.00. The minimum Gasteiger partial charge on any atom is -0.469 e. The van der Waals surface area contributed by atoms with Gasteiger partial charge < -0.3 is 14.2 Å². The van der Waals surface area contributed by atoms with Crippen molar-refractivity contribution in [1.82, 2.24) is 4.57 Å². The highest BCUT2D eigenvalue weighted by molar-refractivity contribution is 5.95. The first-order valence-corrected chi connectivity index (χ1v) is 9.18. The van der Waals surface area contributed by atoms with Gasteiger partial charge in [0.15, 0.2) is 0 Å². The second-order valence-corrected chi connectivity index (χ2v) is 7.93. The summed E-state index contributed by atoms with van der Waals surface area (Å²) in [6.45, 7) is 5.40. The maximum atomic E-state index is 13.0. The first-order chi connectivity index (χ1) is 13.2. The van der Waals surface area contributed by atoms with Gasteiger partial charge >= 0.3 is 18.0 Å². The molecule has 3 rings (SSSR count). The molecule has 0 amide bonds. The average Bonchev–Trinajstić information content (AvgIpc) is 2.98. The number of benzene rings is 1. The van der Waals surface area contributed by atoms with Crippen molar-refractivity contribution in [3.8, 4) is 0 Å². The van der Waals surface area contributed by atoms with E-state index in [9.17, 15) is 14.4 Å². The van der Waals surface area contributed by atoms with Crippen molar-refractivity contribution in [2.45, 2.75) is 39.2 Å². The third-order valence-corrected chi connectivity index (χ3v) is 5.00. The van der Waals surface area contributed by atoms with Gasteiger partial charge in [-0.15, -0.1) is 0 Å². The molecular formula is C21H25NO6. The van der Waals surface area contributed by atoms with Crippen molar-refractivity contribution in [2.24, 2.45) is 11.8 Å². The first-order valence-electron chi connectivity index (χ1n) is 9.18. The topological polar surface area (TPSA) is 83.8 Å². The van der Waals surface area contributed by atoms with E-state index < -0.39 is 35.5 Å². The van der Waals surface area contributed by atoms with Crippen LogP contribution in [0.2, 0.25) is 0 Å². The summed E-state index contributed by atoms with van der Waals surface area (Å²) in [7, 11) is 2.59. The molecular weight excluding hydrogens is 362 g/mol. The van der Waals surface area contributed by atoms with E-state index in [1.807, 2.05) is 24.3 Å². The maximum Gasteiger partial charge on any atom is 0.419 e. The van der Waals surface area contributed by atoms with Crippen molar-refractivity contribution in [2.75, 3.05) is 14.2 Å². The Balaban J connectivity index is 2.18. The third kappa shape index (κ3) is 3.48. The predicted octanol–water partition coefficient (Wildman–Crippen LogP) is 3.10. The highest BCUT2D eigenvalue weighted by Crippen LogP contribution is 2.38. The van der Waals surface area contributed by atoms with Crippen LogP contribution in [-0.2, 0) is 36.6 Å². The molecule has 0 N–H and O–H groups in total. The molecule has 1 heterocycles. The van der Waals surface area contributed by atoms with Crippen LogP contribution in [0, 0.1) is 11.8 Å². The van der Waals surface area contributed by atoms with E-state index in [-0.39, 0.29) is 12.8 Å². The lowest BCUT2D eigenvalue weighted by Crippen LogP contribution is -2.39. The van der Waals surface area contributed by atoms with Gasteiger partial charge in [-0.05, 0) is 38.8 Å². The summed E-state index contributed by atoms with van der Waals surface area (Å²) in [5, 5.41) is 0.862. The molecule has 1 aliphatic rings. The van der Waals surface area contributed by atoms with Gasteiger partial charge in [-0.2, -0.15) is 0 Å². The Bertz CT molecular complexity index is 936. The summed E-state index contributed by atoms with van der Waals surface area (Å²) in [5.74, 6) is -2.35. The minimum absolute atomic E-state index is 0.190. The number of ether oxygens (including phenoxy) is 3. The van der Waals surface area contributed by atoms with Crippen LogP contribution in [0.4, 0.5) is 4.79 Å². The Morgan fingerprint density at radius 2 is 1.54 bits per heavy atom. The summed E-state index contributed by atoms with van der Waals surface area (Å²) in [5.41, 5.74) is 1.55. The number of aromatic nitrogens is 1. The van der Waals surface area contributed by atoms with Crippen LogP contribution >= 0.6 is 0 Å². The second-order valence-electron chi connectivity index (χ2n) is 7.93. The number of carbonyl (C=O) groups is 3. The van der Waals surface area contributed by atoms with Gasteiger partial charge in [0.1, 0.15) is 5.60 Å². The molecule has 0 spiro atoms. The summed E-state index contributed by atoms with van der Waals surface area (Å²) in [6, 6.07) is 7.45. The highest BCUT2D eigenvalue weighted by Gasteiger charge is 2.42. The van der Waals surface area contributed by atoms with Crippen molar-refractivity contribution >= 4 is 28.9 Å². The molecule has 0 radical (unpaired) electrons. The molecule has 0 unspecified atom stereocenters. The van der Waals surface area contributed by atoms with E-state index in [2.05, 4.69) is 0 Å². The Labute approximate surface area is 163 Å². The van der Waals surface area contributed by atoms with Crippen LogP contribution < -0.4 is 0 Å². The lowest BCUT2D eigenvalue weighted by Gasteiger charge is -2.29. The zero-order chi connectivity index (χ0) is 20.6. The van der Waals surface area contributed by atoms with Crippen molar-refractivity contribution in [3.05, 3.63) is 35.5 Å². The molecule has 1 aromatic heterocycles. The number of esters is 2. The molecule has 7 nitrogen and oxygen atoms in total. The second kappa shape index (κ2) is 7.30. The fourth-order valence-electron chi connectivity index (χ4n) is 3.83. The fourth-order valence-corrected chi connectivity index (χ4v) is 3.83. The summed E-state index contributed by atoms with van der Waals surface area (Å²) < 4.78 is 16.9. The monoisotopic (exact) mass is 387 g/mol. The van der Waals surface area contributed by atoms with E-state index in [0.717, 1.165) is 10.9 Å². The first kappa shape index (κ1) is 19.9. The Kier molecular flexibility index (Phi) is 5.19. The van der Waals surface area contributed by atoms with Gasteiger partial charge in [-0.1, -0.05) is 18.2 Å². The number of hydrogen-bond donors (Lipinski definition) is 0. The van der Waals surface area contributed by atoms with Crippen LogP contribution in [0.15, 0.2) is 24.3 Å². The minimum atomic E-state index is -0.726. The molecule has 0 fully saturated rings. The SMILES string of the molecule is COC(=O)[C@@H]1Cc2c(n(C(=O)OC(C)(C)C)c3ccccc23)C[C@H]1C(=O)OC. The van der Waals surface area contributed by atoms with Crippen molar-refractivity contribution in [3.63, 3.8) is 0 Å². The number of fused-ring (bicyclic) bond motifs is 3. The van der Waals surface area contributed by atoms with Crippen LogP contribution in [0.1, 0.15) is 32.0 Å². The number of nitrogens with zero attached hydrogens (tertiary/aromatic N) is 1. The van der Waals surface area contributed by atoms with Gasteiger partial charge in [-0.3, -0.25) is 9.59 Å². The number of methoxy groups -OCH3 is 2. The molecule has 0 saturated carbocycles. The van der Waals surface area contributed by atoms with Crippen LogP contribution in [-0.4, -0.2) is 42.4 Å². The Morgan fingerprint density at radius 1 is 0.964 bits per heavy atom. The van der Waals surface area contributed by atoms with Crippen LogP contribution in [0.25, 0.3) is 10.9 Å². The van der Waals surface area contributed by atoms with Gasteiger partial charge in [-0.25, -0.2) is 9.36 Å². The molecule has 28 heavy (non-hydrogen) atoms. The number of rotatable bonds is 2. The zero-order valence-electron chi connectivity index (χ0n) is 16.8. The summed E-state index contributed by atoms with van der Waals surface area (Å²) in [4.78, 5) is 37.7. The standard InChI is InChI=1S/C21H25NO6/c1-21(2,3)28-20(25)22-16-9-7-6-8-12(16)13-10-14(18(23)26-4)15(11-17(13)22)19(24)27-5/h6-9,14-15H,10-11H2,1-5H3/t14-,15-/m1/s1. The largest absolute Gasteiger partial charge is 0.469 e. The smallest absolute Gasteiger partial charge is 0.419 e. The Morgan fingerprint density at radius 3 is 2.11 bits per heavy atom. The maximum absolute atomic E-state index is 13.0. The molecule has 150 valence electrons. The summed E-state index contributed by atoms with van der Waals surface area (Å²) in [6.07, 6.45) is -0.0292. The zero-order valence-corrected chi connectivity index (χ0v) is 16.8. The molecule has 2 aromatic rings. The normalized spacial score (nSPS) is 19.0. The molecule has 0 aliphatic heterocycles. The summed E-state index contributed by atoms with van der Waals surface area (Å²) >= 11 is 0. The number of para-hydroxylation sites is 1. The number of hydrogen-bond acceptors (Lipinski definition) is 6. The fraction of sp³-hybridized carbons (Fsp3) is 0.476. The van der Waals surface area contributed by atoms with Gasteiger partial charge in [0.2, 0.25) is 0 Å². The van der Waals surface area contributed by atoms with Crippen molar-refractivity contribution in [1.29, 1.82) is 0 Å². The van der Waals surface area contributed by atoms with E-state index in [1.165, 1.54) is 18.8 Å². The van der Waals surface area contributed by atoms with Crippen LogP contribution in [0.5, 0.6) is 0 Å². The van der Waals surface area contributed by atoms with E-state index in [1.54, 1.807) is 20.8 Å². The molecule has 7 heteroatoms. The van der Waals surface area contributed by atoms with E-state index >= 15 is 0 Å². The average molecular weight is 387 g/mol. The van der Waals surface area contributed by atoms with Crippen LogP contribution in [0.3, 0.4) is 0 Å². The van der Waals surface area contributed by atoms with Crippen molar-refractivity contribution < 1.29 is 28.6 Å². The lowest BCUT2D eigenvalue weighted by atomic mass is 9.77. The lowest BCUT2D eigenvalue weighted by molar-refractivity contribution is -0.158. The predicted molar refractivity (Wildman–Crippen MR) is 102 cm³/mol. The van der Waals surface area contributed by atoms with E-state index in [0.29, 0.717) is 11.2 Å². The molecule has 1 aromatic carbocycles. The van der Waals surface area contributed by atoms with Gasteiger partial charge in [0, 0.05) is 17.5 Å².